The zero-order chi connectivity index (χ0) is 12.6. The SMILES string of the molecule is CC(=O)O.CC(NO)/C(=N\O)c1cccs1. The molecule has 0 saturated carbocycles. The van der Waals surface area contributed by atoms with Gasteiger partial charge in [0.1, 0.15) is 5.71 Å². The van der Waals surface area contributed by atoms with E-state index in [0.717, 1.165) is 11.8 Å². The Hall–Kier alpha value is -1.44. The first-order valence-corrected chi connectivity index (χ1v) is 5.25. The summed E-state index contributed by atoms with van der Waals surface area (Å²) in [5.74, 6) is -0.833. The van der Waals surface area contributed by atoms with Gasteiger partial charge in [-0.05, 0) is 18.4 Å². The predicted molar refractivity (Wildman–Crippen MR) is 60.3 cm³/mol. The lowest BCUT2D eigenvalue weighted by Crippen LogP contribution is -2.31. The van der Waals surface area contributed by atoms with E-state index in [1.54, 1.807) is 6.92 Å². The van der Waals surface area contributed by atoms with E-state index in [9.17, 15) is 0 Å². The Morgan fingerprint density at radius 2 is 2.19 bits per heavy atom. The molecule has 1 unspecified atom stereocenters. The number of carbonyl (C=O) groups is 1. The van der Waals surface area contributed by atoms with Crippen molar-refractivity contribution >= 4 is 23.0 Å². The minimum Gasteiger partial charge on any atom is -0.481 e. The average molecular weight is 246 g/mol. The molecule has 0 aliphatic heterocycles. The molecular weight excluding hydrogens is 232 g/mol. The molecule has 16 heavy (non-hydrogen) atoms. The van der Waals surface area contributed by atoms with E-state index in [4.69, 9.17) is 20.3 Å². The molecule has 7 heteroatoms. The maximum atomic E-state index is 9.00. The molecule has 0 amide bonds. The van der Waals surface area contributed by atoms with Gasteiger partial charge >= 0.3 is 0 Å². The van der Waals surface area contributed by atoms with Gasteiger partial charge in [-0.2, -0.15) is 5.48 Å². The molecule has 6 nitrogen and oxygen atoms in total. The summed E-state index contributed by atoms with van der Waals surface area (Å²) in [5.41, 5.74) is 2.46. The summed E-state index contributed by atoms with van der Waals surface area (Å²) in [6.45, 7) is 2.79. The lowest BCUT2D eigenvalue weighted by Gasteiger charge is -2.08. The third-order valence-electron chi connectivity index (χ3n) is 1.49. The number of nitrogens with zero attached hydrogens (tertiary/aromatic N) is 1. The van der Waals surface area contributed by atoms with E-state index >= 15 is 0 Å². The van der Waals surface area contributed by atoms with Gasteiger partial charge in [0, 0.05) is 6.92 Å². The van der Waals surface area contributed by atoms with Gasteiger partial charge in [0.25, 0.3) is 5.97 Å². The quantitative estimate of drug-likeness (QED) is 0.366. The molecule has 0 aromatic carbocycles. The second-order valence-electron chi connectivity index (χ2n) is 2.83. The normalized spacial score (nSPS) is 12.6. The van der Waals surface area contributed by atoms with E-state index in [2.05, 4.69) is 5.16 Å². The molecule has 0 saturated heterocycles. The first kappa shape index (κ1) is 14.6. The van der Waals surface area contributed by atoms with Crippen molar-refractivity contribution in [1.29, 1.82) is 0 Å². The highest BCUT2D eigenvalue weighted by Crippen LogP contribution is 2.11. The summed E-state index contributed by atoms with van der Waals surface area (Å²) in [5, 5.41) is 29.6. The molecule has 1 aromatic rings. The van der Waals surface area contributed by atoms with Crippen molar-refractivity contribution in [3.63, 3.8) is 0 Å². The van der Waals surface area contributed by atoms with Crippen LogP contribution in [0.1, 0.15) is 18.7 Å². The van der Waals surface area contributed by atoms with Crippen LogP contribution < -0.4 is 5.48 Å². The lowest BCUT2D eigenvalue weighted by molar-refractivity contribution is -0.134. The van der Waals surface area contributed by atoms with Crippen LogP contribution in [0.5, 0.6) is 0 Å². The van der Waals surface area contributed by atoms with Gasteiger partial charge < -0.3 is 15.5 Å². The minimum atomic E-state index is -0.833. The highest BCUT2D eigenvalue weighted by molar-refractivity contribution is 7.12. The van der Waals surface area contributed by atoms with Crippen LogP contribution in [-0.4, -0.2) is 33.2 Å². The molecule has 1 atom stereocenters. The summed E-state index contributed by atoms with van der Waals surface area (Å²) < 4.78 is 0. The number of nitrogens with one attached hydrogen (secondary N) is 1. The first-order valence-electron chi connectivity index (χ1n) is 4.37. The predicted octanol–water partition coefficient (Wildman–Crippen LogP) is 1.38. The van der Waals surface area contributed by atoms with Crippen LogP contribution in [0, 0.1) is 0 Å². The Morgan fingerprint density at radius 3 is 2.50 bits per heavy atom. The van der Waals surface area contributed by atoms with Crippen molar-refractivity contribution in [3.8, 4) is 0 Å². The molecule has 1 rings (SSSR count). The highest BCUT2D eigenvalue weighted by Gasteiger charge is 2.12. The molecule has 1 heterocycles. The van der Waals surface area contributed by atoms with Crippen molar-refractivity contribution < 1.29 is 20.3 Å². The maximum Gasteiger partial charge on any atom is 0.300 e. The minimum absolute atomic E-state index is 0.367. The van der Waals surface area contributed by atoms with Crippen LogP contribution in [0.4, 0.5) is 0 Å². The largest absolute Gasteiger partial charge is 0.481 e. The van der Waals surface area contributed by atoms with Gasteiger partial charge in [-0.1, -0.05) is 11.2 Å². The number of rotatable bonds is 3. The van der Waals surface area contributed by atoms with Gasteiger partial charge in [0.15, 0.2) is 0 Å². The number of aliphatic carboxylic acids is 1. The fourth-order valence-electron chi connectivity index (χ4n) is 0.835. The Balaban J connectivity index is 0.000000487. The van der Waals surface area contributed by atoms with Crippen molar-refractivity contribution in [2.45, 2.75) is 19.9 Å². The molecule has 0 fully saturated rings. The molecule has 0 aliphatic carbocycles. The van der Waals surface area contributed by atoms with Crippen molar-refractivity contribution in [2.75, 3.05) is 0 Å². The summed E-state index contributed by atoms with van der Waals surface area (Å²) in [6.07, 6.45) is 0. The van der Waals surface area contributed by atoms with Gasteiger partial charge in [-0.3, -0.25) is 4.79 Å². The van der Waals surface area contributed by atoms with Gasteiger partial charge in [-0.15, -0.1) is 11.3 Å². The average Bonchev–Trinajstić information content (AvgIpc) is 2.71. The van der Waals surface area contributed by atoms with Crippen molar-refractivity contribution in [2.24, 2.45) is 5.16 Å². The summed E-state index contributed by atoms with van der Waals surface area (Å²) in [7, 11) is 0. The van der Waals surface area contributed by atoms with Crippen LogP contribution in [0.25, 0.3) is 0 Å². The second kappa shape index (κ2) is 7.80. The van der Waals surface area contributed by atoms with Gasteiger partial charge in [0.2, 0.25) is 0 Å². The van der Waals surface area contributed by atoms with E-state index in [-0.39, 0.29) is 6.04 Å². The first-order chi connectivity index (χ1) is 7.52. The monoisotopic (exact) mass is 246 g/mol. The number of hydrogen-bond donors (Lipinski definition) is 4. The van der Waals surface area contributed by atoms with E-state index in [1.165, 1.54) is 11.3 Å². The number of thiophene rings is 1. The standard InChI is InChI=1S/C7H10N2O2S.C2H4O2/c1-5(8-10)7(9-11)6-3-2-4-12-6;1-2(3)4/h2-5,8,10-11H,1H3;1H3,(H,3,4)/b9-7+;. The topological polar surface area (TPSA) is 102 Å². The molecule has 0 radical (unpaired) electrons. The molecule has 0 spiro atoms. The van der Waals surface area contributed by atoms with E-state index < -0.39 is 5.97 Å². The molecule has 0 aliphatic rings. The molecule has 0 bridgehead atoms. The van der Waals surface area contributed by atoms with Crippen LogP contribution in [-0.2, 0) is 4.79 Å². The summed E-state index contributed by atoms with van der Waals surface area (Å²) >= 11 is 1.46. The number of hydroxylamine groups is 1. The number of oxime groups is 1. The second-order valence-corrected chi connectivity index (χ2v) is 3.78. The van der Waals surface area contributed by atoms with Crippen LogP contribution >= 0.6 is 11.3 Å². The van der Waals surface area contributed by atoms with E-state index in [0.29, 0.717) is 5.71 Å². The Labute approximate surface area is 96.8 Å². The smallest absolute Gasteiger partial charge is 0.300 e. The fraction of sp³-hybridized carbons (Fsp3) is 0.333. The van der Waals surface area contributed by atoms with Crippen molar-refractivity contribution in [1.82, 2.24) is 5.48 Å². The summed E-state index contributed by atoms with van der Waals surface area (Å²) in [4.78, 5) is 9.84. The molecule has 1 aromatic heterocycles. The molecule has 4 N–H and O–H groups in total. The van der Waals surface area contributed by atoms with Gasteiger partial charge in [-0.25, -0.2) is 0 Å². The lowest BCUT2D eigenvalue weighted by atomic mass is 10.2. The molecule has 90 valence electrons. The van der Waals surface area contributed by atoms with Crippen LogP contribution in [0.15, 0.2) is 22.7 Å². The molecular formula is C9H14N2O4S. The van der Waals surface area contributed by atoms with E-state index in [1.807, 2.05) is 23.0 Å². The summed E-state index contributed by atoms with van der Waals surface area (Å²) in [6, 6.07) is 3.32. The number of carboxylic acids is 1. The van der Waals surface area contributed by atoms with Crippen molar-refractivity contribution in [3.05, 3.63) is 22.4 Å². The zero-order valence-corrected chi connectivity index (χ0v) is 9.73. The highest BCUT2D eigenvalue weighted by atomic mass is 32.1. The Morgan fingerprint density at radius 1 is 1.62 bits per heavy atom. The van der Waals surface area contributed by atoms with Crippen LogP contribution in [0.3, 0.4) is 0 Å². The Bertz CT molecular complexity index is 333. The third kappa shape index (κ3) is 5.44. The fourth-order valence-corrected chi connectivity index (χ4v) is 1.63. The maximum absolute atomic E-state index is 9.00. The third-order valence-corrected chi connectivity index (χ3v) is 2.38. The number of hydrogen-bond acceptors (Lipinski definition) is 6. The Kier molecular flexibility index (Phi) is 7.10. The number of carboxylic acid groups (broad SMARTS) is 1. The zero-order valence-electron chi connectivity index (χ0n) is 8.91. The van der Waals surface area contributed by atoms with Crippen LogP contribution in [0.2, 0.25) is 0 Å². The van der Waals surface area contributed by atoms with Gasteiger partial charge in [0.05, 0.1) is 10.9 Å².